The number of hydrogen-bond donors (Lipinski definition) is 2. The smallest absolute Gasteiger partial charge is 0.133 e. The second-order valence-electron chi connectivity index (χ2n) is 3.70. The van der Waals surface area contributed by atoms with Crippen LogP contribution >= 0.6 is 31.9 Å². The fraction of sp³-hybridized carbons (Fsp3) is 0.0769. The van der Waals surface area contributed by atoms with Gasteiger partial charge in [0, 0.05) is 16.5 Å². The Balaban J connectivity index is 2.40. The molecule has 0 spiro atoms. The van der Waals surface area contributed by atoms with Crippen LogP contribution in [0.1, 0.15) is 11.1 Å². The summed E-state index contributed by atoms with van der Waals surface area (Å²) in [5.41, 5.74) is 1.54. The second kappa shape index (κ2) is 5.10. The molecule has 0 saturated heterocycles. The van der Waals surface area contributed by atoms with Gasteiger partial charge < -0.3 is 10.2 Å². The summed E-state index contributed by atoms with van der Waals surface area (Å²) < 4.78 is 1.52. The summed E-state index contributed by atoms with van der Waals surface area (Å²) in [4.78, 5) is 0. The molecule has 4 heteroatoms. The monoisotopic (exact) mass is 356 g/mol. The Hall–Kier alpha value is -1.00. The molecule has 2 aromatic rings. The molecule has 0 amide bonds. The maximum Gasteiger partial charge on any atom is 0.133 e. The zero-order chi connectivity index (χ0) is 12.4. The van der Waals surface area contributed by atoms with Gasteiger partial charge in [0.25, 0.3) is 0 Å². The molecule has 0 radical (unpaired) electrons. The molecular formula is C13H10Br2O2. The normalized spacial score (nSPS) is 10.5. The van der Waals surface area contributed by atoms with Crippen LogP contribution < -0.4 is 0 Å². The van der Waals surface area contributed by atoms with E-state index in [1.165, 1.54) is 0 Å². The van der Waals surface area contributed by atoms with Crippen molar-refractivity contribution in [2.45, 2.75) is 6.42 Å². The van der Waals surface area contributed by atoms with E-state index in [1.807, 2.05) is 18.2 Å². The van der Waals surface area contributed by atoms with Crippen molar-refractivity contribution < 1.29 is 10.2 Å². The molecule has 2 aromatic carbocycles. The first kappa shape index (κ1) is 12.5. The van der Waals surface area contributed by atoms with E-state index < -0.39 is 0 Å². The summed E-state index contributed by atoms with van der Waals surface area (Å²) in [6.07, 6.45) is 0.483. The van der Waals surface area contributed by atoms with Gasteiger partial charge in [-0.1, -0.05) is 34.1 Å². The lowest BCUT2D eigenvalue weighted by atomic mass is 10.0. The minimum Gasteiger partial charge on any atom is -0.508 e. The number of halogens is 2. The predicted octanol–water partition coefficient (Wildman–Crippen LogP) is 4.21. The van der Waals surface area contributed by atoms with Crippen LogP contribution in [-0.2, 0) is 6.42 Å². The molecule has 2 rings (SSSR count). The number of hydrogen-bond acceptors (Lipinski definition) is 2. The Morgan fingerprint density at radius 1 is 0.941 bits per heavy atom. The molecule has 88 valence electrons. The Morgan fingerprint density at radius 2 is 1.65 bits per heavy atom. The summed E-state index contributed by atoms with van der Waals surface area (Å²) in [6.45, 7) is 0. The summed E-state index contributed by atoms with van der Waals surface area (Å²) >= 11 is 6.66. The molecule has 0 saturated carbocycles. The molecule has 2 N–H and O–H groups in total. The van der Waals surface area contributed by atoms with Gasteiger partial charge >= 0.3 is 0 Å². The number of benzene rings is 2. The van der Waals surface area contributed by atoms with E-state index in [4.69, 9.17) is 0 Å². The van der Waals surface area contributed by atoms with Crippen LogP contribution in [0.3, 0.4) is 0 Å². The molecular weight excluding hydrogens is 348 g/mol. The van der Waals surface area contributed by atoms with Crippen molar-refractivity contribution >= 4 is 31.9 Å². The Kier molecular flexibility index (Phi) is 3.74. The van der Waals surface area contributed by atoms with Crippen LogP contribution in [0.4, 0.5) is 0 Å². The molecule has 2 nitrogen and oxygen atoms in total. The van der Waals surface area contributed by atoms with E-state index in [0.29, 0.717) is 10.9 Å². The van der Waals surface area contributed by atoms with Gasteiger partial charge in [-0.15, -0.1) is 0 Å². The van der Waals surface area contributed by atoms with E-state index in [-0.39, 0.29) is 11.5 Å². The molecule has 0 fully saturated rings. The van der Waals surface area contributed by atoms with Crippen molar-refractivity contribution in [3.05, 3.63) is 56.5 Å². The van der Waals surface area contributed by atoms with E-state index >= 15 is 0 Å². The van der Waals surface area contributed by atoms with Gasteiger partial charge in [0.1, 0.15) is 11.5 Å². The molecule has 0 atom stereocenters. The van der Waals surface area contributed by atoms with Crippen molar-refractivity contribution in [2.24, 2.45) is 0 Å². The second-order valence-corrected chi connectivity index (χ2v) is 5.47. The maximum absolute atomic E-state index is 9.92. The van der Waals surface area contributed by atoms with Crippen LogP contribution in [0.5, 0.6) is 11.5 Å². The van der Waals surface area contributed by atoms with E-state index in [0.717, 1.165) is 15.6 Å². The number of phenolic OH excluding ortho intramolecular Hbond substituents is 2. The lowest BCUT2D eigenvalue weighted by Gasteiger charge is -2.08. The molecule has 0 aliphatic carbocycles. The summed E-state index contributed by atoms with van der Waals surface area (Å²) in [7, 11) is 0. The highest BCUT2D eigenvalue weighted by atomic mass is 79.9. The minimum absolute atomic E-state index is 0.205. The predicted molar refractivity (Wildman–Crippen MR) is 74.4 cm³/mol. The molecule has 0 bridgehead atoms. The Morgan fingerprint density at radius 3 is 2.35 bits per heavy atom. The molecule has 0 aliphatic rings. The highest BCUT2D eigenvalue weighted by Crippen LogP contribution is 2.34. The third kappa shape index (κ3) is 2.82. The maximum atomic E-state index is 9.92. The highest BCUT2D eigenvalue weighted by molar-refractivity contribution is 9.11. The van der Waals surface area contributed by atoms with E-state index in [9.17, 15) is 10.2 Å². The standard InChI is InChI=1S/C13H10Br2O2/c14-10-6-9(13(17)11(15)7-10)5-8-3-1-2-4-12(8)16/h1-4,6-7,16-17H,5H2. The fourth-order valence-electron chi connectivity index (χ4n) is 1.62. The molecule has 0 aliphatic heterocycles. The topological polar surface area (TPSA) is 40.5 Å². The first-order chi connectivity index (χ1) is 8.08. The molecule has 17 heavy (non-hydrogen) atoms. The lowest BCUT2D eigenvalue weighted by molar-refractivity contribution is 0.461. The SMILES string of the molecule is Oc1ccccc1Cc1cc(Br)cc(Br)c1O. The first-order valence-electron chi connectivity index (χ1n) is 5.01. The van der Waals surface area contributed by atoms with Gasteiger partial charge in [0.15, 0.2) is 0 Å². The summed E-state index contributed by atoms with van der Waals surface area (Å²) in [6, 6.07) is 10.7. The number of rotatable bonds is 2. The van der Waals surface area contributed by atoms with E-state index in [1.54, 1.807) is 18.2 Å². The van der Waals surface area contributed by atoms with Crippen molar-refractivity contribution in [1.29, 1.82) is 0 Å². The first-order valence-corrected chi connectivity index (χ1v) is 6.60. The number of para-hydroxylation sites is 1. The summed E-state index contributed by atoms with van der Waals surface area (Å²) in [5.74, 6) is 0.444. The average Bonchev–Trinajstić information content (AvgIpc) is 2.28. The van der Waals surface area contributed by atoms with Gasteiger partial charge in [-0.05, 0) is 39.7 Å². The summed E-state index contributed by atoms with van der Waals surface area (Å²) in [5, 5.41) is 19.6. The van der Waals surface area contributed by atoms with Crippen LogP contribution in [-0.4, -0.2) is 10.2 Å². The Labute approximate surface area is 116 Å². The van der Waals surface area contributed by atoms with Gasteiger partial charge in [0.05, 0.1) is 4.47 Å². The fourth-order valence-corrected chi connectivity index (χ4v) is 2.93. The van der Waals surface area contributed by atoms with Crippen LogP contribution in [0.25, 0.3) is 0 Å². The largest absolute Gasteiger partial charge is 0.508 e. The zero-order valence-electron chi connectivity index (χ0n) is 8.82. The minimum atomic E-state index is 0.205. The third-order valence-electron chi connectivity index (χ3n) is 2.48. The van der Waals surface area contributed by atoms with Crippen LogP contribution in [0, 0.1) is 0 Å². The molecule has 0 aromatic heterocycles. The van der Waals surface area contributed by atoms with Crippen molar-refractivity contribution in [3.8, 4) is 11.5 Å². The molecule has 0 unspecified atom stereocenters. The Bertz CT molecular complexity index is 553. The zero-order valence-corrected chi connectivity index (χ0v) is 12.0. The average molecular weight is 358 g/mol. The van der Waals surface area contributed by atoms with Gasteiger partial charge in [-0.2, -0.15) is 0 Å². The van der Waals surface area contributed by atoms with Crippen molar-refractivity contribution in [1.82, 2.24) is 0 Å². The molecule has 0 heterocycles. The van der Waals surface area contributed by atoms with Crippen molar-refractivity contribution in [2.75, 3.05) is 0 Å². The highest BCUT2D eigenvalue weighted by Gasteiger charge is 2.09. The number of phenols is 2. The number of aromatic hydroxyl groups is 2. The third-order valence-corrected chi connectivity index (χ3v) is 3.54. The van der Waals surface area contributed by atoms with Gasteiger partial charge in [0.2, 0.25) is 0 Å². The van der Waals surface area contributed by atoms with Crippen molar-refractivity contribution in [3.63, 3.8) is 0 Å². The van der Waals surface area contributed by atoms with Gasteiger partial charge in [-0.25, -0.2) is 0 Å². The quantitative estimate of drug-likeness (QED) is 0.845. The van der Waals surface area contributed by atoms with Crippen LogP contribution in [0.15, 0.2) is 45.3 Å². The van der Waals surface area contributed by atoms with Gasteiger partial charge in [-0.3, -0.25) is 0 Å². The van der Waals surface area contributed by atoms with Crippen LogP contribution in [0.2, 0.25) is 0 Å². The lowest BCUT2D eigenvalue weighted by Crippen LogP contribution is -1.90. The van der Waals surface area contributed by atoms with E-state index in [2.05, 4.69) is 31.9 Å².